The summed E-state index contributed by atoms with van der Waals surface area (Å²) in [5.41, 5.74) is 4.67. The van der Waals surface area contributed by atoms with E-state index >= 15 is 0 Å². The fourth-order valence-electron chi connectivity index (χ4n) is 2.73. The predicted octanol–water partition coefficient (Wildman–Crippen LogP) is 3.11. The molecule has 2 N–H and O–H groups in total. The van der Waals surface area contributed by atoms with Crippen LogP contribution in [0.15, 0.2) is 68.9 Å². The van der Waals surface area contributed by atoms with Crippen molar-refractivity contribution >= 4 is 12.2 Å². The summed E-state index contributed by atoms with van der Waals surface area (Å²) in [7, 11) is 0. The Morgan fingerprint density at radius 1 is 1.10 bits per heavy atom. The van der Waals surface area contributed by atoms with Crippen LogP contribution in [0, 0.1) is 18.3 Å². The van der Waals surface area contributed by atoms with Crippen LogP contribution in [0.5, 0.6) is 0 Å². The van der Waals surface area contributed by atoms with E-state index in [0.717, 1.165) is 11.1 Å². The summed E-state index contributed by atoms with van der Waals surface area (Å²) in [6.45, 7) is 1.73. The zero-order valence-corrected chi connectivity index (χ0v) is 15.8. The Bertz CT molecular complexity index is 1300. The Kier molecular flexibility index (Phi) is 5.13. The van der Waals surface area contributed by atoms with E-state index in [-0.39, 0.29) is 11.5 Å². The van der Waals surface area contributed by atoms with E-state index in [4.69, 9.17) is 4.42 Å². The van der Waals surface area contributed by atoms with Gasteiger partial charge < -0.3 is 4.42 Å². The second kappa shape index (κ2) is 8.20. The Morgan fingerprint density at radius 3 is 2.53 bits per heavy atom. The van der Waals surface area contributed by atoms with Crippen LogP contribution in [-0.4, -0.2) is 26.4 Å². The Morgan fingerprint density at radius 2 is 1.87 bits per heavy atom. The number of nitrogens with zero attached hydrogens (tertiary/aromatic N) is 5. The summed E-state index contributed by atoms with van der Waals surface area (Å²) in [5.74, 6) is 1.08. The van der Waals surface area contributed by atoms with Crippen LogP contribution in [0.1, 0.15) is 17.0 Å². The Hall–Kier alpha value is -4.58. The van der Waals surface area contributed by atoms with Crippen LogP contribution in [0.4, 0.5) is 5.95 Å². The van der Waals surface area contributed by atoms with Crippen LogP contribution in [0.25, 0.3) is 22.7 Å². The molecule has 0 aliphatic carbocycles. The van der Waals surface area contributed by atoms with E-state index in [0.29, 0.717) is 23.0 Å². The van der Waals surface area contributed by atoms with Crippen molar-refractivity contribution in [2.75, 3.05) is 5.43 Å². The first-order valence-electron chi connectivity index (χ1n) is 8.93. The summed E-state index contributed by atoms with van der Waals surface area (Å²) >= 11 is 0. The molecule has 0 saturated heterocycles. The molecule has 4 rings (SSSR count). The number of hydrogen-bond acceptors (Lipinski definition) is 8. The molecule has 0 fully saturated rings. The molecule has 0 atom stereocenters. The standard InChI is InChI=1S/C21H15N7O2/c1-13-26-27-20(30-13)16-9-7-14(8-10-16)12-23-28-21-24-18(15-5-3-2-4-6-15)17(11-22)19(29)25-21/h2-10,12H,1H3,(H2,24,25,28,29). The molecular formula is C21H15N7O2. The first-order chi connectivity index (χ1) is 14.6. The molecule has 0 aliphatic rings. The highest BCUT2D eigenvalue weighted by Crippen LogP contribution is 2.20. The van der Waals surface area contributed by atoms with E-state index in [1.807, 2.05) is 48.5 Å². The molecule has 4 aromatic rings. The van der Waals surface area contributed by atoms with Gasteiger partial charge in [-0.05, 0) is 17.7 Å². The van der Waals surface area contributed by atoms with Crippen molar-refractivity contribution < 1.29 is 4.42 Å². The molecule has 9 nitrogen and oxygen atoms in total. The van der Waals surface area contributed by atoms with Crippen molar-refractivity contribution in [3.05, 3.63) is 82.0 Å². The molecule has 0 radical (unpaired) electrons. The highest BCUT2D eigenvalue weighted by molar-refractivity contribution is 5.81. The highest BCUT2D eigenvalue weighted by atomic mass is 16.4. The van der Waals surface area contributed by atoms with Gasteiger partial charge in [0.05, 0.1) is 11.9 Å². The molecule has 2 aromatic heterocycles. The first kappa shape index (κ1) is 18.8. The third kappa shape index (κ3) is 3.98. The Balaban J connectivity index is 1.54. The largest absolute Gasteiger partial charge is 0.421 e. The number of aromatic amines is 1. The van der Waals surface area contributed by atoms with Crippen molar-refractivity contribution in [3.8, 4) is 28.8 Å². The van der Waals surface area contributed by atoms with E-state index in [1.54, 1.807) is 25.3 Å². The van der Waals surface area contributed by atoms with Gasteiger partial charge >= 0.3 is 0 Å². The number of hydrogen-bond donors (Lipinski definition) is 2. The molecule has 2 heterocycles. The SMILES string of the molecule is Cc1nnc(-c2ccc(C=NNc3nc(-c4ccccc4)c(C#N)c(=O)[nH]3)cc2)o1. The Labute approximate surface area is 170 Å². The van der Waals surface area contributed by atoms with Crippen molar-refractivity contribution in [2.45, 2.75) is 6.92 Å². The van der Waals surface area contributed by atoms with Gasteiger partial charge in [0.25, 0.3) is 5.56 Å². The lowest BCUT2D eigenvalue weighted by molar-refractivity contribution is 0.533. The summed E-state index contributed by atoms with van der Waals surface area (Å²) in [5, 5.41) is 21.2. The topological polar surface area (TPSA) is 133 Å². The summed E-state index contributed by atoms with van der Waals surface area (Å²) < 4.78 is 5.39. The van der Waals surface area contributed by atoms with Gasteiger partial charge in [0.15, 0.2) is 0 Å². The van der Waals surface area contributed by atoms with E-state index in [1.165, 1.54) is 0 Å². The molecule has 30 heavy (non-hydrogen) atoms. The number of nitrogens with one attached hydrogen (secondary N) is 2. The molecule has 0 aliphatic heterocycles. The number of aryl methyl sites for hydroxylation is 1. The monoisotopic (exact) mass is 397 g/mol. The minimum Gasteiger partial charge on any atom is -0.421 e. The second-order valence-corrected chi connectivity index (χ2v) is 6.23. The number of rotatable bonds is 5. The predicted molar refractivity (Wildman–Crippen MR) is 111 cm³/mol. The van der Waals surface area contributed by atoms with Crippen LogP contribution < -0.4 is 11.0 Å². The van der Waals surface area contributed by atoms with Crippen LogP contribution in [0.2, 0.25) is 0 Å². The van der Waals surface area contributed by atoms with E-state index in [2.05, 4.69) is 30.7 Å². The fourth-order valence-corrected chi connectivity index (χ4v) is 2.73. The molecule has 146 valence electrons. The molecule has 2 aromatic carbocycles. The average molecular weight is 397 g/mol. The smallest absolute Gasteiger partial charge is 0.270 e. The van der Waals surface area contributed by atoms with E-state index in [9.17, 15) is 10.1 Å². The maximum Gasteiger partial charge on any atom is 0.270 e. The van der Waals surface area contributed by atoms with Gasteiger partial charge in [0.1, 0.15) is 11.6 Å². The maximum absolute atomic E-state index is 12.2. The van der Waals surface area contributed by atoms with Gasteiger partial charge in [-0.3, -0.25) is 9.78 Å². The van der Waals surface area contributed by atoms with Crippen LogP contribution in [-0.2, 0) is 0 Å². The molecular weight excluding hydrogens is 382 g/mol. The molecule has 0 spiro atoms. The quantitative estimate of drug-likeness (QED) is 0.390. The van der Waals surface area contributed by atoms with Gasteiger partial charge in [-0.1, -0.05) is 42.5 Å². The van der Waals surface area contributed by atoms with Crippen molar-refractivity contribution in [1.82, 2.24) is 20.2 Å². The van der Waals surface area contributed by atoms with Gasteiger partial charge in [0, 0.05) is 18.1 Å². The average Bonchev–Trinajstić information content (AvgIpc) is 3.21. The number of anilines is 1. The van der Waals surface area contributed by atoms with Crippen molar-refractivity contribution in [3.63, 3.8) is 0 Å². The third-order valence-corrected chi connectivity index (χ3v) is 4.15. The molecule has 9 heteroatoms. The molecule has 0 amide bonds. The lowest BCUT2D eigenvalue weighted by atomic mass is 10.1. The second-order valence-electron chi connectivity index (χ2n) is 6.23. The minimum absolute atomic E-state index is 0.0532. The zero-order valence-electron chi connectivity index (χ0n) is 15.8. The van der Waals surface area contributed by atoms with Gasteiger partial charge in [-0.2, -0.15) is 10.4 Å². The van der Waals surface area contributed by atoms with E-state index < -0.39 is 5.56 Å². The third-order valence-electron chi connectivity index (χ3n) is 4.15. The lowest BCUT2D eigenvalue weighted by Gasteiger charge is -2.05. The zero-order chi connectivity index (χ0) is 20.9. The molecule has 0 bridgehead atoms. The maximum atomic E-state index is 12.2. The fraction of sp³-hybridized carbons (Fsp3) is 0.0476. The van der Waals surface area contributed by atoms with Gasteiger partial charge in [0.2, 0.25) is 17.7 Å². The molecule has 0 saturated carbocycles. The highest BCUT2D eigenvalue weighted by Gasteiger charge is 2.12. The number of benzene rings is 2. The number of aromatic nitrogens is 4. The van der Waals surface area contributed by atoms with Crippen molar-refractivity contribution in [1.29, 1.82) is 5.26 Å². The summed E-state index contributed by atoms with van der Waals surface area (Å²) in [6, 6.07) is 18.3. The summed E-state index contributed by atoms with van der Waals surface area (Å²) in [6.07, 6.45) is 1.57. The van der Waals surface area contributed by atoms with Crippen LogP contribution >= 0.6 is 0 Å². The van der Waals surface area contributed by atoms with Gasteiger partial charge in [-0.15, -0.1) is 10.2 Å². The number of H-pyrrole nitrogens is 1. The minimum atomic E-state index is -0.539. The summed E-state index contributed by atoms with van der Waals surface area (Å²) in [4.78, 5) is 19.1. The lowest BCUT2D eigenvalue weighted by Crippen LogP contribution is -2.16. The number of hydrazone groups is 1. The normalized spacial score (nSPS) is 10.8. The number of nitriles is 1. The van der Waals surface area contributed by atoms with Crippen LogP contribution in [0.3, 0.4) is 0 Å². The first-order valence-corrected chi connectivity index (χ1v) is 8.93. The van der Waals surface area contributed by atoms with Gasteiger partial charge in [-0.25, -0.2) is 10.4 Å². The van der Waals surface area contributed by atoms with Crippen molar-refractivity contribution in [2.24, 2.45) is 5.10 Å². The molecule has 0 unspecified atom stereocenters.